The van der Waals surface area contributed by atoms with Crippen molar-refractivity contribution in [2.45, 2.75) is 17.8 Å². The van der Waals surface area contributed by atoms with Crippen molar-refractivity contribution >= 4 is 74.1 Å². The number of anilines is 2. The van der Waals surface area contributed by atoms with E-state index >= 15 is 0 Å². The average Bonchev–Trinajstić information content (AvgIpc) is 3.56. The van der Waals surface area contributed by atoms with Gasteiger partial charge < -0.3 is 26.3 Å². The topological polar surface area (TPSA) is 179 Å². The number of rotatable bonds is 6. The molecule has 0 saturated carbocycles. The summed E-state index contributed by atoms with van der Waals surface area (Å²) in [6.07, 6.45) is 1.99. The second kappa shape index (κ2) is 10.4. The van der Waals surface area contributed by atoms with Gasteiger partial charge in [0, 0.05) is 28.9 Å². The zero-order valence-corrected chi connectivity index (χ0v) is 22.8. The standard InChI is InChI=1S/C27H22N6O6S2/c28-27-29-18(12-41-27)19(31-39)22(34)30-20-24(36)33-21(26(37)38)16(11-40-25(20)33)9-15-7-8-32(23(15)35)17-6-5-13-3-1-2-4-14(13)10-17/h1-6,9-10,12,20,25,39H,7-8,11H2,(H2,28,29)(H,30,34)(H,37,38)/t20-,25-/m1/s1. The van der Waals surface area contributed by atoms with E-state index in [0.717, 1.165) is 32.7 Å². The van der Waals surface area contributed by atoms with E-state index in [-0.39, 0.29) is 28.2 Å². The highest BCUT2D eigenvalue weighted by molar-refractivity contribution is 8.00. The van der Waals surface area contributed by atoms with E-state index in [0.29, 0.717) is 24.1 Å². The molecule has 41 heavy (non-hydrogen) atoms. The Labute approximate surface area is 240 Å². The number of oxime groups is 1. The molecule has 2 saturated heterocycles. The number of carbonyl (C=O) groups is 4. The highest BCUT2D eigenvalue weighted by Gasteiger charge is 2.54. The Morgan fingerprint density at radius 1 is 1.17 bits per heavy atom. The Balaban J connectivity index is 1.21. The van der Waals surface area contributed by atoms with Crippen molar-refractivity contribution < 1.29 is 29.5 Å². The zero-order chi connectivity index (χ0) is 28.8. The van der Waals surface area contributed by atoms with Gasteiger partial charge in [0.05, 0.1) is 0 Å². The number of β-lactam (4-membered cyclic amide) rings is 1. The monoisotopic (exact) mass is 590 g/mol. The number of carboxylic acid groups (broad SMARTS) is 1. The van der Waals surface area contributed by atoms with Crippen LogP contribution in [-0.4, -0.2) is 73.3 Å². The number of nitrogens with two attached hydrogens (primary N) is 1. The smallest absolute Gasteiger partial charge is 0.352 e. The summed E-state index contributed by atoms with van der Waals surface area (Å²) in [5.74, 6) is -2.81. The Morgan fingerprint density at radius 3 is 2.66 bits per heavy atom. The first-order valence-electron chi connectivity index (χ1n) is 12.4. The van der Waals surface area contributed by atoms with Gasteiger partial charge >= 0.3 is 5.97 Å². The van der Waals surface area contributed by atoms with Crippen LogP contribution in [0, 0.1) is 0 Å². The number of fused-ring (bicyclic) bond motifs is 2. The molecule has 6 rings (SSSR count). The Kier molecular flexibility index (Phi) is 6.71. The molecule has 0 unspecified atom stereocenters. The molecule has 3 aromatic rings. The number of aromatic nitrogens is 1. The van der Waals surface area contributed by atoms with E-state index in [1.54, 1.807) is 11.0 Å². The third-order valence-corrected chi connectivity index (χ3v) is 9.06. The van der Waals surface area contributed by atoms with Crippen LogP contribution in [0.3, 0.4) is 0 Å². The molecule has 0 bridgehead atoms. The number of hydrogen-bond donors (Lipinski definition) is 4. The molecule has 0 aliphatic carbocycles. The summed E-state index contributed by atoms with van der Waals surface area (Å²) in [6.45, 7) is 0.449. The Bertz CT molecular complexity index is 1730. The Hall–Kier alpha value is -4.69. The van der Waals surface area contributed by atoms with Crippen LogP contribution in [0.5, 0.6) is 0 Å². The summed E-state index contributed by atoms with van der Waals surface area (Å²) in [4.78, 5) is 58.1. The van der Waals surface area contributed by atoms with Crippen molar-refractivity contribution in [2.24, 2.45) is 5.16 Å². The fourth-order valence-corrected chi connectivity index (χ4v) is 6.98. The number of nitrogen functional groups attached to an aromatic ring is 1. The maximum absolute atomic E-state index is 13.3. The van der Waals surface area contributed by atoms with Crippen LogP contribution >= 0.6 is 23.1 Å². The van der Waals surface area contributed by atoms with Gasteiger partial charge in [0.25, 0.3) is 17.7 Å². The van der Waals surface area contributed by atoms with Crippen LogP contribution in [0.4, 0.5) is 10.8 Å². The van der Waals surface area contributed by atoms with Gasteiger partial charge in [0.2, 0.25) is 0 Å². The number of nitrogens with zero attached hydrogens (tertiary/aromatic N) is 4. The third kappa shape index (κ3) is 4.60. The van der Waals surface area contributed by atoms with Crippen LogP contribution < -0.4 is 16.0 Å². The second-order valence-electron chi connectivity index (χ2n) is 9.47. The predicted molar refractivity (Wildman–Crippen MR) is 154 cm³/mol. The van der Waals surface area contributed by atoms with E-state index in [1.165, 1.54) is 17.1 Å². The number of carboxylic acids is 1. The van der Waals surface area contributed by atoms with E-state index in [4.69, 9.17) is 5.73 Å². The minimum Gasteiger partial charge on any atom is -0.477 e. The molecule has 12 nitrogen and oxygen atoms in total. The SMILES string of the molecule is Nc1nc(C(=NO)C(=O)N[C@@H]2C(=O)N3C(C(=O)O)=C(C=C4CCN(c5ccc6ccccc6c5)C4=O)CS[C@H]23)cs1. The first kappa shape index (κ1) is 26.5. The molecular formula is C27H22N6O6S2. The van der Waals surface area contributed by atoms with Gasteiger partial charge in [-0.25, -0.2) is 9.78 Å². The number of hydrogen-bond acceptors (Lipinski definition) is 10. The fraction of sp³-hybridized carbons (Fsp3) is 0.185. The lowest BCUT2D eigenvalue weighted by atomic mass is 10.0. The number of benzene rings is 2. The molecule has 4 heterocycles. The van der Waals surface area contributed by atoms with E-state index in [2.05, 4.69) is 15.5 Å². The van der Waals surface area contributed by atoms with Gasteiger partial charge in [-0.2, -0.15) is 0 Å². The van der Waals surface area contributed by atoms with E-state index < -0.39 is 34.9 Å². The van der Waals surface area contributed by atoms with Crippen LogP contribution in [0.25, 0.3) is 10.8 Å². The van der Waals surface area contributed by atoms with Crippen LogP contribution in [0.1, 0.15) is 12.1 Å². The normalized spacial score (nSPS) is 21.9. The minimum atomic E-state index is -1.31. The molecule has 14 heteroatoms. The number of allylic oxidation sites excluding steroid dienone is 1. The minimum absolute atomic E-state index is 0.0476. The predicted octanol–water partition coefficient (Wildman–Crippen LogP) is 2.16. The first-order chi connectivity index (χ1) is 19.8. The van der Waals surface area contributed by atoms with Crippen molar-refractivity contribution in [3.8, 4) is 0 Å². The van der Waals surface area contributed by atoms with E-state index in [1.807, 2.05) is 42.5 Å². The molecule has 2 fully saturated rings. The Morgan fingerprint density at radius 2 is 1.95 bits per heavy atom. The fourth-order valence-electron chi connectivity index (χ4n) is 5.12. The summed E-state index contributed by atoms with van der Waals surface area (Å²) >= 11 is 2.31. The molecule has 0 radical (unpaired) electrons. The molecular weight excluding hydrogens is 568 g/mol. The molecule has 1 aromatic heterocycles. The van der Waals surface area contributed by atoms with Crippen molar-refractivity contribution in [1.82, 2.24) is 15.2 Å². The highest BCUT2D eigenvalue weighted by Crippen LogP contribution is 2.41. The lowest BCUT2D eigenvalue weighted by Crippen LogP contribution is -2.71. The van der Waals surface area contributed by atoms with Crippen LogP contribution in [-0.2, 0) is 19.2 Å². The molecule has 3 aliphatic heterocycles. The second-order valence-corrected chi connectivity index (χ2v) is 11.5. The van der Waals surface area contributed by atoms with Crippen LogP contribution in [0.2, 0.25) is 0 Å². The van der Waals surface area contributed by atoms with Gasteiger partial charge in [-0.15, -0.1) is 23.1 Å². The average molecular weight is 591 g/mol. The van der Waals surface area contributed by atoms with Gasteiger partial charge in [-0.05, 0) is 41.0 Å². The van der Waals surface area contributed by atoms with Gasteiger partial charge in [-0.3, -0.25) is 19.3 Å². The number of amides is 3. The van der Waals surface area contributed by atoms with Crippen LogP contribution in [0.15, 0.2) is 75.9 Å². The number of aliphatic carboxylic acids is 1. The molecule has 5 N–H and O–H groups in total. The maximum atomic E-state index is 13.3. The number of carbonyl (C=O) groups excluding carboxylic acids is 3. The molecule has 2 atom stereocenters. The van der Waals surface area contributed by atoms with Crippen molar-refractivity contribution in [3.05, 3.63) is 76.5 Å². The number of thioether (sulfide) groups is 1. The van der Waals surface area contributed by atoms with Gasteiger partial charge in [0.15, 0.2) is 10.8 Å². The summed E-state index contributed by atoms with van der Waals surface area (Å²) in [5.41, 5.74) is 6.54. The zero-order valence-electron chi connectivity index (χ0n) is 21.2. The molecule has 3 amide bonds. The summed E-state index contributed by atoms with van der Waals surface area (Å²) < 4.78 is 0. The summed E-state index contributed by atoms with van der Waals surface area (Å²) in [5, 5.41) is 27.8. The lowest BCUT2D eigenvalue weighted by Gasteiger charge is -2.49. The third-order valence-electron chi connectivity index (χ3n) is 7.08. The van der Waals surface area contributed by atoms with Crippen molar-refractivity contribution in [1.29, 1.82) is 0 Å². The molecule has 3 aliphatic rings. The quantitative estimate of drug-likeness (QED) is 0.110. The number of thiazole rings is 1. The first-order valence-corrected chi connectivity index (χ1v) is 14.4. The van der Waals surface area contributed by atoms with Crippen molar-refractivity contribution in [3.63, 3.8) is 0 Å². The molecule has 2 aromatic carbocycles. The summed E-state index contributed by atoms with van der Waals surface area (Å²) in [7, 11) is 0. The van der Waals surface area contributed by atoms with Gasteiger partial charge in [-0.1, -0.05) is 35.5 Å². The van der Waals surface area contributed by atoms with Crippen molar-refractivity contribution in [2.75, 3.05) is 22.9 Å². The number of nitrogens with one attached hydrogen (secondary N) is 1. The highest BCUT2D eigenvalue weighted by atomic mass is 32.2. The molecule has 0 spiro atoms. The maximum Gasteiger partial charge on any atom is 0.352 e. The van der Waals surface area contributed by atoms with Gasteiger partial charge in [0.1, 0.15) is 22.8 Å². The molecule has 208 valence electrons. The van der Waals surface area contributed by atoms with E-state index in [9.17, 15) is 29.5 Å². The largest absolute Gasteiger partial charge is 0.477 e. The lowest BCUT2D eigenvalue weighted by molar-refractivity contribution is -0.150. The summed E-state index contributed by atoms with van der Waals surface area (Å²) in [6, 6.07) is 12.6.